The molecule has 4 aromatic rings. The van der Waals surface area contributed by atoms with Gasteiger partial charge in [-0.25, -0.2) is 0 Å². The van der Waals surface area contributed by atoms with Gasteiger partial charge in [0.2, 0.25) is 5.91 Å². The molecule has 3 aromatic carbocycles. The summed E-state index contributed by atoms with van der Waals surface area (Å²) >= 11 is 3.54. The summed E-state index contributed by atoms with van der Waals surface area (Å²) in [6.45, 7) is 6.55. The molecule has 14 heteroatoms. The third-order valence-electron chi connectivity index (χ3n) is 8.90. The first-order chi connectivity index (χ1) is 24.1. The van der Waals surface area contributed by atoms with E-state index in [1.807, 2.05) is 32.9 Å². The van der Waals surface area contributed by atoms with E-state index in [0.29, 0.717) is 44.7 Å². The molecule has 0 saturated carbocycles. The van der Waals surface area contributed by atoms with Crippen molar-refractivity contribution in [1.29, 1.82) is 0 Å². The first kappa shape index (κ1) is 37.6. The van der Waals surface area contributed by atoms with Gasteiger partial charge in [-0.2, -0.15) is 0 Å². The maximum Gasteiger partial charge on any atom is 0.309 e. The van der Waals surface area contributed by atoms with Crippen molar-refractivity contribution in [2.45, 2.75) is 69.8 Å². The molecule has 1 amide bonds. The van der Waals surface area contributed by atoms with Gasteiger partial charge in [-0.15, -0.1) is 0 Å². The number of aromatic nitrogens is 1. The van der Waals surface area contributed by atoms with Crippen molar-refractivity contribution in [3.63, 3.8) is 0 Å². The van der Waals surface area contributed by atoms with Crippen LogP contribution in [0, 0.1) is 5.92 Å². The zero-order valence-electron chi connectivity index (χ0n) is 28.5. The largest absolute Gasteiger partial charge is 0.508 e. The van der Waals surface area contributed by atoms with Crippen LogP contribution in [-0.2, 0) is 15.0 Å². The van der Waals surface area contributed by atoms with E-state index in [2.05, 4.69) is 41.9 Å². The number of carbonyl (C=O) groups is 2. The van der Waals surface area contributed by atoms with Crippen LogP contribution in [0.4, 0.5) is 5.69 Å². The Morgan fingerprint density at radius 3 is 2.43 bits per heavy atom. The van der Waals surface area contributed by atoms with Gasteiger partial charge in [0.15, 0.2) is 5.96 Å². The Morgan fingerprint density at radius 2 is 1.76 bits per heavy atom. The van der Waals surface area contributed by atoms with E-state index < -0.39 is 42.1 Å². The number of amides is 1. The molecule has 5 unspecified atom stereocenters. The number of aliphatic hydroxyl groups excluding tert-OH is 3. The number of phenols is 1. The molecule has 0 fully saturated rings. The second-order valence-electron chi connectivity index (χ2n) is 13.9. The number of carbonyl (C=O) groups excluding carboxylic acids is 1. The van der Waals surface area contributed by atoms with Crippen molar-refractivity contribution < 1.29 is 40.2 Å². The predicted octanol–water partition coefficient (Wildman–Crippen LogP) is 4.87. The normalized spacial score (nSPS) is 17.2. The Hall–Kier alpha value is -4.63. The number of hydrogen-bond donors (Lipinski definition) is 10. The molecule has 13 nitrogen and oxygen atoms in total. The molecular formula is C37H44BrN5O8. The van der Waals surface area contributed by atoms with Crippen LogP contribution in [0.2, 0.25) is 0 Å². The van der Waals surface area contributed by atoms with Gasteiger partial charge in [0, 0.05) is 40.1 Å². The predicted molar refractivity (Wildman–Crippen MR) is 197 cm³/mol. The summed E-state index contributed by atoms with van der Waals surface area (Å²) < 4.78 is 0.677. The van der Waals surface area contributed by atoms with E-state index in [-0.39, 0.29) is 48.4 Å². The second-order valence-corrected chi connectivity index (χ2v) is 14.8. The minimum absolute atomic E-state index is 0.0537. The lowest BCUT2D eigenvalue weighted by molar-refractivity contribution is -0.144. The van der Waals surface area contributed by atoms with Crippen molar-refractivity contribution in [1.82, 2.24) is 15.6 Å². The number of β-amino-alcohol motifs (C(OH)–C–C–N with tert-alkyl or cyclic N) is 1. The Bertz CT molecular complexity index is 1920. The second kappa shape index (κ2) is 15.7. The van der Waals surface area contributed by atoms with Crippen molar-refractivity contribution in [2.75, 3.05) is 18.4 Å². The molecule has 0 bridgehead atoms. The van der Waals surface area contributed by atoms with Gasteiger partial charge in [0.05, 0.1) is 42.5 Å². The molecule has 2 heterocycles. The summed E-state index contributed by atoms with van der Waals surface area (Å²) in [5.41, 5.74) is 2.49. The third-order valence-corrected chi connectivity index (χ3v) is 9.35. The first-order valence-electron chi connectivity index (χ1n) is 16.6. The number of carboxylic acids is 1. The standard InChI is InChI=1S/C37H44BrN5O8/c1-37(2,3)21-10-20(11-22(38)14-21)32(27(35(50)51)16-30(47)33-34(49)26-6-4-5-7-28(26)42-33)43-31(48)9-8-29(46)19-12-23(15-24(44)13-19)41-36-39-17-25(45)18-40-36/h4-7,10-15,25,27,29-30,32,42,44-47,49H,8-9,16-18H2,1-3H3,(H,43,48)(H,50,51)(H2,39,40,41). The molecule has 1 aliphatic rings. The van der Waals surface area contributed by atoms with Gasteiger partial charge in [-0.1, -0.05) is 54.9 Å². The molecule has 1 aliphatic heterocycles. The number of nitrogens with one attached hydrogen (secondary N) is 4. The monoisotopic (exact) mass is 765 g/mol. The van der Waals surface area contributed by atoms with Crippen molar-refractivity contribution in [3.05, 3.63) is 87.5 Å². The summed E-state index contributed by atoms with van der Waals surface area (Å²) in [4.78, 5) is 33.7. The zero-order chi connectivity index (χ0) is 37.0. The average Bonchev–Trinajstić information content (AvgIpc) is 3.41. The number of para-hydroxylation sites is 1. The smallest absolute Gasteiger partial charge is 0.309 e. The van der Waals surface area contributed by atoms with E-state index >= 15 is 0 Å². The maximum atomic E-state index is 13.6. The number of halogens is 1. The lowest BCUT2D eigenvalue weighted by Crippen LogP contribution is -2.42. The van der Waals surface area contributed by atoms with Gasteiger partial charge in [0.1, 0.15) is 11.5 Å². The topological polar surface area (TPSA) is 220 Å². The number of rotatable bonds is 12. The molecule has 1 aromatic heterocycles. The number of carboxylic acid groups (broad SMARTS) is 1. The number of guanidine groups is 1. The fourth-order valence-electron chi connectivity index (χ4n) is 6.10. The fraction of sp³-hybridized carbons (Fsp3) is 0.378. The quantitative estimate of drug-likeness (QED) is 0.0944. The summed E-state index contributed by atoms with van der Waals surface area (Å²) in [7, 11) is 0. The van der Waals surface area contributed by atoms with E-state index in [1.165, 1.54) is 12.1 Å². The number of aromatic amines is 1. The number of anilines is 1. The van der Waals surface area contributed by atoms with E-state index in [0.717, 1.165) is 5.56 Å². The Morgan fingerprint density at radius 1 is 1.02 bits per heavy atom. The van der Waals surface area contributed by atoms with E-state index in [4.69, 9.17) is 0 Å². The van der Waals surface area contributed by atoms with Gasteiger partial charge < -0.3 is 51.6 Å². The number of nitrogens with zero attached hydrogens (tertiary/aromatic N) is 1. The molecular weight excluding hydrogens is 722 g/mol. The number of phenolic OH excluding ortho intramolecular Hbond substituents is 1. The number of benzene rings is 3. The number of aliphatic imine (C=N–C) groups is 1. The van der Waals surface area contributed by atoms with Gasteiger partial charge in [-0.05, 0) is 71.3 Å². The number of hydrogen-bond acceptors (Lipinski definition) is 10. The third kappa shape index (κ3) is 9.38. The van der Waals surface area contributed by atoms with Crippen LogP contribution >= 0.6 is 15.9 Å². The minimum atomic E-state index is -1.41. The van der Waals surface area contributed by atoms with Gasteiger partial charge >= 0.3 is 5.97 Å². The number of fused-ring (bicyclic) bond motifs is 1. The van der Waals surface area contributed by atoms with Gasteiger partial charge in [-0.3, -0.25) is 14.6 Å². The molecule has 272 valence electrons. The number of aliphatic carboxylic acids is 1. The summed E-state index contributed by atoms with van der Waals surface area (Å²) in [6, 6.07) is 15.7. The molecule has 5 atom stereocenters. The SMILES string of the molecule is CC(C)(C)c1cc(Br)cc(C(NC(=O)CCC(O)c2cc(O)cc(NC3=NCC(O)CN3)c2)C(CC(O)c2[nH]c3ccccc3c2O)C(=O)O)c1. The highest BCUT2D eigenvalue weighted by Gasteiger charge is 2.35. The minimum Gasteiger partial charge on any atom is -0.508 e. The Balaban J connectivity index is 1.37. The molecule has 0 aliphatic carbocycles. The maximum absolute atomic E-state index is 13.6. The molecule has 0 spiro atoms. The Kier molecular flexibility index (Phi) is 11.6. The molecule has 51 heavy (non-hydrogen) atoms. The average molecular weight is 767 g/mol. The first-order valence-corrected chi connectivity index (χ1v) is 17.4. The molecule has 0 saturated heterocycles. The highest BCUT2D eigenvalue weighted by molar-refractivity contribution is 9.10. The zero-order valence-corrected chi connectivity index (χ0v) is 30.1. The lowest BCUT2D eigenvalue weighted by atomic mass is 9.82. The van der Waals surface area contributed by atoms with E-state index in [1.54, 1.807) is 36.4 Å². The molecule has 0 radical (unpaired) electrons. The fourth-order valence-corrected chi connectivity index (χ4v) is 6.61. The van der Waals surface area contributed by atoms with Crippen LogP contribution in [-0.4, -0.2) is 72.7 Å². The summed E-state index contributed by atoms with van der Waals surface area (Å²) in [5.74, 6) is -3.04. The lowest BCUT2D eigenvalue weighted by Gasteiger charge is -2.29. The van der Waals surface area contributed by atoms with Crippen LogP contribution in [0.15, 0.2) is 70.1 Å². The van der Waals surface area contributed by atoms with Crippen LogP contribution in [0.3, 0.4) is 0 Å². The molecule has 10 N–H and O–H groups in total. The highest BCUT2D eigenvalue weighted by atomic mass is 79.9. The number of H-pyrrole nitrogens is 1. The van der Waals surface area contributed by atoms with Gasteiger partial charge in [0.25, 0.3) is 0 Å². The van der Waals surface area contributed by atoms with Crippen LogP contribution in [0.5, 0.6) is 11.5 Å². The van der Waals surface area contributed by atoms with Crippen molar-refractivity contribution in [2.24, 2.45) is 10.9 Å². The van der Waals surface area contributed by atoms with Crippen molar-refractivity contribution in [3.8, 4) is 11.5 Å². The van der Waals surface area contributed by atoms with Crippen LogP contribution in [0.25, 0.3) is 10.9 Å². The summed E-state index contributed by atoms with van der Waals surface area (Å²) in [6.07, 6.45) is -3.77. The van der Waals surface area contributed by atoms with Crippen LogP contribution in [0.1, 0.15) is 80.7 Å². The van der Waals surface area contributed by atoms with E-state index in [9.17, 15) is 40.2 Å². The highest BCUT2D eigenvalue weighted by Crippen LogP contribution is 2.39. The summed E-state index contributed by atoms with van der Waals surface area (Å²) in [5, 5.41) is 73.0. The number of aromatic hydroxyl groups is 2. The number of aliphatic hydroxyl groups is 3. The van der Waals surface area contributed by atoms with Crippen LogP contribution < -0.4 is 16.0 Å². The molecule has 5 rings (SSSR count). The van der Waals surface area contributed by atoms with Crippen molar-refractivity contribution >= 4 is 50.4 Å². The Labute approximate surface area is 303 Å².